The fraction of sp³-hybridized carbons (Fsp3) is 0.226. The zero-order chi connectivity index (χ0) is 28.4. The molecule has 0 amide bonds. The first-order valence-electron chi connectivity index (χ1n) is 13.7. The summed E-state index contributed by atoms with van der Waals surface area (Å²) < 4.78 is 28.4. The molecule has 2 heterocycles. The van der Waals surface area contributed by atoms with Crippen molar-refractivity contribution in [3.8, 4) is 11.3 Å². The highest BCUT2D eigenvalue weighted by Crippen LogP contribution is 2.36. The normalized spacial score (nSPS) is 17.5. The van der Waals surface area contributed by atoms with E-state index in [2.05, 4.69) is 15.6 Å². The van der Waals surface area contributed by atoms with Crippen LogP contribution in [0.2, 0.25) is 5.02 Å². The average molecular weight is 587 g/mol. The lowest BCUT2D eigenvalue weighted by Gasteiger charge is -2.30. The zero-order valence-corrected chi connectivity index (χ0v) is 23.9. The summed E-state index contributed by atoms with van der Waals surface area (Å²) >= 11 is 6.62. The number of halogens is 1. The summed E-state index contributed by atoms with van der Waals surface area (Å²) in [6, 6.07) is 24.2. The SMILES string of the molecule is Nc1ccc(CN[C@H]2CCC[C@@H](Nc3ncc(Cl)c(-c4cn(S(=O)(=O)c5ccccc5)c5ccccc45)n3)C2)cc1. The average Bonchev–Trinajstić information content (AvgIpc) is 3.39. The number of para-hydroxylation sites is 1. The summed E-state index contributed by atoms with van der Waals surface area (Å²) in [5.74, 6) is 0.469. The number of rotatable bonds is 8. The molecule has 2 atom stereocenters. The van der Waals surface area contributed by atoms with Crippen molar-refractivity contribution in [2.75, 3.05) is 11.1 Å². The number of hydrogen-bond donors (Lipinski definition) is 3. The van der Waals surface area contributed by atoms with Crippen LogP contribution in [-0.4, -0.2) is 34.4 Å². The first-order valence-corrected chi connectivity index (χ1v) is 15.5. The molecular weight excluding hydrogens is 556 g/mol. The third kappa shape index (κ3) is 5.79. The molecule has 1 aliphatic rings. The molecule has 0 bridgehead atoms. The summed E-state index contributed by atoms with van der Waals surface area (Å²) in [6.07, 6.45) is 7.31. The van der Waals surface area contributed by atoms with Gasteiger partial charge in [0.2, 0.25) is 5.95 Å². The number of nitrogens with zero attached hydrogens (tertiary/aromatic N) is 3. The molecule has 0 unspecified atom stereocenters. The van der Waals surface area contributed by atoms with E-state index in [1.54, 1.807) is 48.8 Å². The molecule has 4 N–H and O–H groups in total. The van der Waals surface area contributed by atoms with Crippen LogP contribution in [0.1, 0.15) is 31.2 Å². The van der Waals surface area contributed by atoms with E-state index in [0.29, 0.717) is 33.8 Å². The number of nitrogens with one attached hydrogen (secondary N) is 2. The van der Waals surface area contributed by atoms with Crippen molar-refractivity contribution in [2.24, 2.45) is 0 Å². The quantitative estimate of drug-likeness (QED) is 0.189. The van der Waals surface area contributed by atoms with Crippen LogP contribution >= 0.6 is 11.6 Å². The van der Waals surface area contributed by atoms with E-state index in [1.807, 2.05) is 42.5 Å². The second-order valence-corrected chi connectivity index (χ2v) is 12.6. The predicted molar refractivity (Wildman–Crippen MR) is 164 cm³/mol. The number of fused-ring (bicyclic) bond motifs is 1. The summed E-state index contributed by atoms with van der Waals surface area (Å²) in [7, 11) is -3.83. The van der Waals surface area contributed by atoms with Gasteiger partial charge in [-0.25, -0.2) is 22.4 Å². The predicted octanol–water partition coefficient (Wildman–Crippen LogP) is 6.08. The van der Waals surface area contributed by atoms with Crippen molar-refractivity contribution in [3.63, 3.8) is 0 Å². The van der Waals surface area contributed by atoms with Crippen molar-refractivity contribution in [1.29, 1.82) is 0 Å². The van der Waals surface area contributed by atoms with Gasteiger partial charge in [0.25, 0.3) is 10.0 Å². The number of benzene rings is 3. The van der Waals surface area contributed by atoms with Gasteiger partial charge in [0.15, 0.2) is 0 Å². The largest absolute Gasteiger partial charge is 0.399 e. The molecule has 41 heavy (non-hydrogen) atoms. The molecule has 0 saturated heterocycles. The molecule has 5 aromatic rings. The van der Waals surface area contributed by atoms with Gasteiger partial charge in [0.05, 0.1) is 27.3 Å². The number of nitrogens with two attached hydrogens (primary N) is 1. The van der Waals surface area contributed by atoms with Crippen LogP contribution in [0.4, 0.5) is 11.6 Å². The van der Waals surface area contributed by atoms with Crippen LogP contribution in [0.5, 0.6) is 0 Å². The van der Waals surface area contributed by atoms with Crippen LogP contribution in [0.25, 0.3) is 22.2 Å². The Bertz CT molecular complexity index is 1770. The molecular formula is C31H31ClN6O2S. The molecule has 210 valence electrons. The number of anilines is 2. The minimum atomic E-state index is -3.83. The highest BCUT2D eigenvalue weighted by Gasteiger charge is 2.25. The van der Waals surface area contributed by atoms with Gasteiger partial charge in [-0.05, 0) is 61.6 Å². The van der Waals surface area contributed by atoms with Gasteiger partial charge in [0, 0.05) is 41.5 Å². The Kier molecular flexibility index (Phi) is 7.66. The van der Waals surface area contributed by atoms with Crippen LogP contribution in [0.15, 0.2) is 96.2 Å². The van der Waals surface area contributed by atoms with E-state index in [9.17, 15) is 8.42 Å². The molecule has 0 aliphatic heterocycles. The minimum Gasteiger partial charge on any atom is -0.399 e. The number of aromatic nitrogens is 3. The van der Waals surface area contributed by atoms with Gasteiger partial charge >= 0.3 is 0 Å². The Morgan fingerprint density at radius 1 is 0.951 bits per heavy atom. The lowest BCUT2D eigenvalue weighted by molar-refractivity contribution is 0.350. The van der Waals surface area contributed by atoms with E-state index in [1.165, 1.54) is 9.54 Å². The summed E-state index contributed by atoms with van der Waals surface area (Å²) in [6.45, 7) is 0.787. The molecule has 6 rings (SSSR count). The van der Waals surface area contributed by atoms with Gasteiger partial charge in [0.1, 0.15) is 0 Å². The van der Waals surface area contributed by atoms with Crippen LogP contribution in [-0.2, 0) is 16.6 Å². The maximum absolute atomic E-state index is 13.6. The number of hydrogen-bond acceptors (Lipinski definition) is 7. The molecule has 10 heteroatoms. The Morgan fingerprint density at radius 3 is 2.49 bits per heavy atom. The Balaban J connectivity index is 1.25. The third-order valence-corrected chi connectivity index (χ3v) is 9.52. The standard InChI is InChI=1S/C31H31ClN6O2S/c32-28-19-35-31(36-24-8-6-7-23(17-24)34-18-21-13-15-22(33)16-14-21)37-30(28)27-20-38(29-12-5-4-11-26(27)29)41(39,40)25-9-2-1-3-10-25/h1-5,9-16,19-20,23-24,34H,6-8,17-18,33H2,(H,35,36,37)/t23-,24+/m0/s1. The van der Waals surface area contributed by atoms with Gasteiger partial charge in [-0.3, -0.25) is 0 Å². The Hall–Kier alpha value is -3.92. The molecule has 0 spiro atoms. The van der Waals surface area contributed by atoms with E-state index >= 15 is 0 Å². The molecule has 1 saturated carbocycles. The molecule has 1 fully saturated rings. The summed E-state index contributed by atoms with van der Waals surface area (Å²) in [4.78, 5) is 9.45. The molecule has 3 aromatic carbocycles. The molecule has 1 aliphatic carbocycles. The van der Waals surface area contributed by atoms with Gasteiger partial charge < -0.3 is 16.4 Å². The van der Waals surface area contributed by atoms with Crippen molar-refractivity contribution in [2.45, 2.75) is 49.2 Å². The van der Waals surface area contributed by atoms with Crippen molar-refractivity contribution in [1.82, 2.24) is 19.3 Å². The fourth-order valence-electron chi connectivity index (χ4n) is 5.46. The smallest absolute Gasteiger partial charge is 0.268 e. The van der Waals surface area contributed by atoms with E-state index in [0.717, 1.165) is 43.3 Å². The van der Waals surface area contributed by atoms with Crippen LogP contribution in [0, 0.1) is 0 Å². The van der Waals surface area contributed by atoms with Gasteiger partial charge in [-0.15, -0.1) is 0 Å². The van der Waals surface area contributed by atoms with E-state index < -0.39 is 10.0 Å². The number of nitrogen functional groups attached to an aromatic ring is 1. The Labute approximate surface area is 244 Å². The van der Waals surface area contributed by atoms with Crippen LogP contribution < -0.4 is 16.4 Å². The summed E-state index contributed by atoms with van der Waals surface area (Å²) in [5, 5.41) is 8.26. The first kappa shape index (κ1) is 27.3. The molecule has 8 nitrogen and oxygen atoms in total. The molecule has 0 radical (unpaired) electrons. The second-order valence-electron chi connectivity index (χ2n) is 10.4. The highest BCUT2D eigenvalue weighted by atomic mass is 35.5. The monoisotopic (exact) mass is 586 g/mol. The lowest BCUT2D eigenvalue weighted by atomic mass is 9.91. The topological polar surface area (TPSA) is 115 Å². The highest BCUT2D eigenvalue weighted by molar-refractivity contribution is 7.90. The van der Waals surface area contributed by atoms with Gasteiger partial charge in [-0.1, -0.05) is 60.1 Å². The van der Waals surface area contributed by atoms with E-state index in [4.69, 9.17) is 22.3 Å². The fourth-order valence-corrected chi connectivity index (χ4v) is 7.04. The lowest BCUT2D eigenvalue weighted by Crippen LogP contribution is -2.38. The maximum Gasteiger partial charge on any atom is 0.268 e. The molecule has 2 aromatic heterocycles. The van der Waals surface area contributed by atoms with E-state index in [-0.39, 0.29) is 10.9 Å². The van der Waals surface area contributed by atoms with Crippen molar-refractivity contribution < 1.29 is 8.42 Å². The first-order chi connectivity index (χ1) is 19.9. The maximum atomic E-state index is 13.6. The van der Waals surface area contributed by atoms with Gasteiger partial charge in [-0.2, -0.15) is 0 Å². The summed E-state index contributed by atoms with van der Waals surface area (Å²) in [5.41, 5.74) is 9.44. The zero-order valence-electron chi connectivity index (χ0n) is 22.4. The van der Waals surface area contributed by atoms with Crippen LogP contribution in [0.3, 0.4) is 0 Å². The van der Waals surface area contributed by atoms with Crippen molar-refractivity contribution >= 4 is 44.2 Å². The Morgan fingerprint density at radius 2 is 1.68 bits per heavy atom. The minimum absolute atomic E-state index is 0.196. The van der Waals surface area contributed by atoms with Crippen molar-refractivity contribution in [3.05, 3.63) is 102 Å². The second kappa shape index (κ2) is 11.5. The third-order valence-electron chi connectivity index (χ3n) is 7.56.